The predicted octanol–water partition coefficient (Wildman–Crippen LogP) is 5.53. The summed E-state index contributed by atoms with van der Waals surface area (Å²) in [6.45, 7) is 2.16. The molecular weight excluding hydrogens is 455 g/mol. The Balaban J connectivity index is 1.49. The molecular formula is C27H26F3N3O2. The van der Waals surface area contributed by atoms with Gasteiger partial charge in [0.25, 0.3) is 11.8 Å². The number of benzene rings is 3. The molecule has 1 aliphatic rings. The van der Waals surface area contributed by atoms with Crippen molar-refractivity contribution < 1.29 is 22.8 Å². The summed E-state index contributed by atoms with van der Waals surface area (Å²) in [6, 6.07) is 19.0. The van der Waals surface area contributed by atoms with Crippen LogP contribution in [0.4, 0.5) is 24.5 Å². The monoisotopic (exact) mass is 481 g/mol. The largest absolute Gasteiger partial charge is 0.416 e. The minimum Gasteiger partial charge on any atom is -0.371 e. The first kappa shape index (κ1) is 24.3. The zero-order valence-corrected chi connectivity index (χ0v) is 19.1. The molecule has 3 aromatic rings. The first-order chi connectivity index (χ1) is 16.8. The first-order valence-corrected chi connectivity index (χ1v) is 11.5. The zero-order valence-electron chi connectivity index (χ0n) is 19.1. The van der Waals surface area contributed by atoms with Gasteiger partial charge >= 0.3 is 6.18 Å². The van der Waals surface area contributed by atoms with Crippen LogP contribution in [-0.4, -0.2) is 31.4 Å². The minimum absolute atomic E-state index is 0.0930. The Morgan fingerprint density at radius 1 is 0.857 bits per heavy atom. The summed E-state index contributed by atoms with van der Waals surface area (Å²) in [7, 11) is 0. The molecule has 3 aromatic carbocycles. The SMILES string of the molecule is O=C(Nc1ccc(N2CCCC2)c(C(=O)NCCc2ccccc2)c1)c1ccc(C(F)(F)F)cc1. The summed E-state index contributed by atoms with van der Waals surface area (Å²) < 4.78 is 38.4. The number of halogens is 3. The van der Waals surface area contributed by atoms with Crippen molar-refractivity contribution in [1.29, 1.82) is 0 Å². The summed E-state index contributed by atoms with van der Waals surface area (Å²) in [5.41, 5.74) is 2.03. The van der Waals surface area contributed by atoms with Crippen LogP contribution < -0.4 is 15.5 Å². The molecule has 1 saturated heterocycles. The van der Waals surface area contributed by atoms with Crippen molar-refractivity contribution >= 4 is 23.2 Å². The molecule has 35 heavy (non-hydrogen) atoms. The van der Waals surface area contributed by atoms with E-state index < -0.39 is 17.6 Å². The van der Waals surface area contributed by atoms with Gasteiger partial charge in [0.2, 0.25) is 0 Å². The number of carbonyl (C=O) groups is 2. The number of hydrogen-bond acceptors (Lipinski definition) is 3. The fourth-order valence-electron chi connectivity index (χ4n) is 4.10. The molecule has 0 atom stereocenters. The van der Waals surface area contributed by atoms with E-state index in [-0.39, 0.29) is 11.5 Å². The molecule has 8 heteroatoms. The van der Waals surface area contributed by atoms with Crippen molar-refractivity contribution in [1.82, 2.24) is 5.32 Å². The fraction of sp³-hybridized carbons (Fsp3) is 0.259. The molecule has 1 fully saturated rings. The molecule has 0 aromatic heterocycles. The lowest BCUT2D eigenvalue weighted by atomic mass is 10.1. The van der Waals surface area contributed by atoms with Gasteiger partial charge in [-0.1, -0.05) is 30.3 Å². The lowest BCUT2D eigenvalue weighted by Crippen LogP contribution is -2.29. The zero-order chi connectivity index (χ0) is 24.8. The van der Waals surface area contributed by atoms with E-state index in [0.717, 1.165) is 61.4 Å². The maximum absolute atomic E-state index is 13.1. The van der Waals surface area contributed by atoms with Gasteiger partial charge < -0.3 is 15.5 Å². The third-order valence-electron chi connectivity index (χ3n) is 5.96. The first-order valence-electron chi connectivity index (χ1n) is 11.5. The standard InChI is InChI=1S/C27H26F3N3O2/c28-27(29,30)21-10-8-20(9-11-21)25(34)32-22-12-13-24(33-16-4-5-17-33)23(18-22)26(35)31-15-14-19-6-2-1-3-7-19/h1-3,6-13,18H,4-5,14-17H2,(H,31,35)(H,32,34). The molecule has 0 bridgehead atoms. The molecule has 1 aliphatic heterocycles. The highest BCUT2D eigenvalue weighted by Crippen LogP contribution is 2.30. The molecule has 0 saturated carbocycles. The predicted molar refractivity (Wildman–Crippen MR) is 130 cm³/mol. The summed E-state index contributed by atoms with van der Waals surface area (Å²) >= 11 is 0. The lowest BCUT2D eigenvalue weighted by Gasteiger charge is -2.22. The highest BCUT2D eigenvalue weighted by atomic mass is 19.4. The quantitative estimate of drug-likeness (QED) is 0.467. The van der Waals surface area contributed by atoms with Gasteiger partial charge in [-0.05, 0) is 67.3 Å². The topological polar surface area (TPSA) is 61.4 Å². The summed E-state index contributed by atoms with van der Waals surface area (Å²) in [4.78, 5) is 27.9. The fourth-order valence-corrected chi connectivity index (χ4v) is 4.10. The molecule has 182 valence electrons. The number of amides is 2. The van der Waals surface area contributed by atoms with E-state index in [0.29, 0.717) is 24.2 Å². The third kappa shape index (κ3) is 6.20. The molecule has 2 amide bonds. The number of hydrogen-bond donors (Lipinski definition) is 2. The third-order valence-corrected chi connectivity index (χ3v) is 5.96. The van der Waals surface area contributed by atoms with Crippen LogP contribution in [0.2, 0.25) is 0 Å². The summed E-state index contributed by atoms with van der Waals surface area (Å²) in [6.07, 6.45) is -1.69. The average molecular weight is 482 g/mol. The highest BCUT2D eigenvalue weighted by Gasteiger charge is 2.30. The Morgan fingerprint density at radius 2 is 1.54 bits per heavy atom. The Kier molecular flexibility index (Phi) is 7.39. The summed E-state index contributed by atoms with van der Waals surface area (Å²) in [5, 5.41) is 5.65. The smallest absolute Gasteiger partial charge is 0.371 e. The lowest BCUT2D eigenvalue weighted by molar-refractivity contribution is -0.137. The van der Waals surface area contributed by atoms with Gasteiger partial charge in [0, 0.05) is 36.6 Å². The van der Waals surface area contributed by atoms with E-state index in [2.05, 4.69) is 15.5 Å². The van der Waals surface area contributed by atoms with Crippen LogP contribution in [0, 0.1) is 0 Å². The average Bonchev–Trinajstić information content (AvgIpc) is 3.39. The molecule has 0 aliphatic carbocycles. The highest BCUT2D eigenvalue weighted by molar-refractivity contribution is 6.06. The maximum Gasteiger partial charge on any atom is 0.416 e. The second-order valence-corrected chi connectivity index (χ2v) is 8.45. The van der Waals surface area contributed by atoms with Crippen LogP contribution in [0.25, 0.3) is 0 Å². The summed E-state index contributed by atoms with van der Waals surface area (Å²) in [5.74, 6) is -0.795. The van der Waals surface area contributed by atoms with Crippen molar-refractivity contribution in [3.05, 3.63) is 95.1 Å². The van der Waals surface area contributed by atoms with Crippen LogP contribution in [0.1, 0.15) is 44.7 Å². The molecule has 0 spiro atoms. The van der Waals surface area contributed by atoms with Gasteiger partial charge in [-0.2, -0.15) is 13.2 Å². The molecule has 1 heterocycles. The van der Waals surface area contributed by atoms with Gasteiger partial charge in [-0.3, -0.25) is 9.59 Å². The molecule has 0 radical (unpaired) electrons. The van der Waals surface area contributed by atoms with Crippen molar-refractivity contribution in [2.24, 2.45) is 0 Å². The van der Waals surface area contributed by atoms with Crippen LogP contribution in [0.15, 0.2) is 72.8 Å². The van der Waals surface area contributed by atoms with Crippen molar-refractivity contribution in [3.8, 4) is 0 Å². The number of rotatable bonds is 7. The molecule has 4 rings (SSSR count). The number of carbonyl (C=O) groups excluding carboxylic acids is 2. The van der Waals surface area contributed by atoms with E-state index in [9.17, 15) is 22.8 Å². The van der Waals surface area contributed by atoms with E-state index in [4.69, 9.17) is 0 Å². The van der Waals surface area contributed by atoms with Crippen molar-refractivity contribution in [2.75, 3.05) is 29.9 Å². The Hall–Kier alpha value is -3.81. The van der Waals surface area contributed by atoms with Crippen LogP contribution in [0.3, 0.4) is 0 Å². The van der Waals surface area contributed by atoms with E-state index in [1.165, 1.54) is 0 Å². The number of alkyl halides is 3. The van der Waals surface area contributed by atoms with E-state index >= 15 is 0 Å². The van der Waals surface area contributed by atoms with E-state index in [1.807, 2.05) is 30.3 Å². The van der Waals surface area contributed by atoms with Gasteiger partial charge in [0.15, 0.2) is 0 Å². The Labute approximate surface area is 202 Å². The normalized spacial score (nSPS) is 13.5. The molecule has 0 unspecified atom stereocenters. The molecule has 5 nitrogen and oxygen atoms in total. The Bertz CT molecular complexity index is 1170. The van der Waals surface area contributed by atoms with Crippen LogP contribution in [-0.2, 0) is 12.6 Å². The van der Waals surface area contributed by atoms with E-state index in [1.54, 1.807) is 18.2 Å². The van der Waals surface area contributed by atoms with Gasteiger partial charge in [0.1, 0.15) is 0 Å². The van der Waals surface area contributed by atoms with Gasteiger partial charge in [-0.25, -0.2) is 0 Å². The number of nitrogens with zero attached hydrogens (tertiary/aromatic N) is 1. The second-order valence-electron chi connectivity index (χ2n) is 8.45. The Morgan fingerprint density at radius 3 is 2.20 bits per heavy atom. The maximum atomic E-state index is 13.1. The number of anilines is 2. The van der Waals surface area contributed by atoms with Crippen LogP contribution in [0.5, 0.6) is 0 Å². The second kappa shape index (κ2) is 10.6. The van der Waals surface area contributed by atoms with Crippen molar-refractivity contribution in [2.45, 2.75) is 25.4 Å². The van der Waals surface area contributed by atoms with Crippen LogP contribution >= 0.6 is 0 Å². The van der Waals surface area contributed by atoms with Crippen molar-refractivity contribution in [3.63, 3.8) is 0 Å². The molecule has 2 N–H and O–H groups in total. The number of nitrogens with one attached hydrogen (secondary N) is 2. The minimum atomic E-state index is -4.47. The van der Waals surface area contributed by atoms with Gasteiger partial charge in [-0.15, -0.1) is 0 Å². The van der Waals surface area contributed by atoms with Gasteiger partial charge in [0.05, 0.1) is 11.1 Å².